The molecule has 2 atom stereocenters. The van der Waals surface area contributed by atoms with Crippen molar-refractivity contribution in [3.8, 4) is 0 Å². The highest BCUT2D eigenvalue weighted by atomic mass is 35.5. The average Bonchev–Trinajstić information content (AvgIpc) is 3.01. The predicted octanol–water partition coefficient (Wildman–Crippen LogP) is 3.60. The number of hydrogen-bond acceptors (Lipinski definition) is 1. The van der Waals surface area contributed by atoms with Crippen LogP contribution in [0.2, 0.25) is 0 Å². The molecule has 0 aliphatic heterocycles. The van der Waals surface area contributed by atoms with E-state index >= 15 is 0 Å². The molecule has 0 amide bonds. The van der Waals surface area contributed by atoms with Gasteiger partial charge in [-0.1, -0.05) is 18.2 Å². The number of imidazole rings is 1. The summed E-state index contributed by atoms with van der Waals surface area (Å²) >= 11 is 0. The van der Waals surface area contributed by atoms with E-state index in [0.29, 0.717) is 0 Å². The summed E-state index contributed by atoms with van der Waals surface area (Å²) in [7, 11) is 0. The van der Waals surface area contributed by atoms with E-state index in [1.165, 1.54) is 25.7 Å². The number of benzene rings is 1. The first-order chi connectivity index (χ1) is 8.90. The van der Waals surface area contributed by atoms with Crippen LogP contribution in [0.5, 0.6) is 0 Å². The van der Waals surface area contributed by atoms with Crippen LogP contribution >= 0.6 is 12.4 Å². The number of aromatic nitrogens is 2. The summed E-state index contributed by atoms with van der Waals surface area (Å²) in [6, 6.07) is 6.92. The van der Waals surface area contributed by atoms with Crippen LogP contribution in [0.4, 0.5) is 0 Å². The van der Waals surface area contributed by atoms with Crippen LogP contribution in [0.1, 0.15) is 35.4 Å². The topological polar surface area (TPSA) is 17.8 Å². The van der Waals surface area contributed by atoms with Gasteiger partial charge in [0.1, 0.15) is 0 Å². The zero-order chi connectivity index (χ0) is 11.9. The molecular formula is C16H19ClN2. The summed E-state index contributed by atoms with van der Waals surface area (Å²) in [5, 5.41) is 0. The zero-order valence-corrected chi connectivity index (χ0v) is 11.8. The van der Waals surface area contributed by atoms with Gasteiger partial charge in [-0.05, 0) is 54.2 Å². The van der Waals surface area contributed by atoms with Gasteiger partial charge in [0, 0.05) is 18.9 Å². The third kappa shape index (κ3) is 2.18. The summed E-state index contributed by atoms with van der Waals surface area (Å²) in [4.78, 5) is 4.14. The van der Waals surface area contributed by atoms with Crippen molar-refractivity contribution in [2.75, 3.05) is 0 Å². The molecule has 0 saturated carbocycles. The summed E-state index contributed by atoms with van der Waals surface area (Å²) in [6.45, 7) is 1.13. The van der Waals surface area contributed by atoms with Gasteiger partial charge in [-0.25, -0.2) is 4.98 Å². The van der Waals surface area contributed by atoms with Gasteiger partial charge in [-0.2, -0.15) is 0 Å². The highest BCUT2D eigenvalue weighted by molar-refractivity contribution is 5.85. The maximum Gasteiger partial charge on any atom is 0.0945 e. The molecule has 1 heterocycles. The quantitative estimate of drug-likeness (QED) is 0.818. The summed E-state index contributed by atoms with van der Waals surface area (Å²) in [5.41, 5.74) is 4.95. The smallest absolute Gasteiger partial charge is 0.0945 e. The lowest BCUT2D eigenvalue weighted by Gasteiger charge is -2.29. The van der Waals surface area contributed by atoms with Crippen LogP contribution in [0.3, 0.4) is 0 Å². The van der Waals surface area contributed by atoms with Crippen molar-refractivity contribution in [1.82, 2.24) is 9.55 Å². The summed E-state index contributed by atoms with van der Waals surface area (Å²) in [6.07, 6.45) is 11.2. The molecule has 0 radical (unpaired) electrons. The van der Waals surface area contributed by atoms with E-state index in [1.807, 2.05) is 12.5 Å². The lowest BCUT2D eigenvalue weighted by Crippen LogP contribution is -2.21. The highest BCUT2D eigenvalue weighted by Gasteiger charge is 2.32. The van der Waals surface area contributed by atoms with Gasteiger partial charge in [0.25, 0.3) is 0 Å². The van der Waals surface area contributed by atoms with E-state index in [4.69, 9.17) is 0 Å². The molecule has 19 heavy (non-hydrogen) atoms. The maximum absolute atomic E-state index is 4.14. The van der Waals surface area contributed by atoms with Crippen LogP contribution < -0.4 is 0 Å². The Labute approximate surface area is 120 Å². The lowest BCUT2D eigenvalue weighted by atomic mass is 9.78. The van der Waals surface area contributed by atoms with Gasteiger partial charge in [0.05, 0.1) is 6.33 Å². The van der Waals surface area contributed by atoms with Crippen molar-refractivity contribution in [3.63, 3.8) is 0 Å². The highest BCUT2D eigenvalue weighted by Crippen LogP contribution is 2.44. The molecule has 0 spiro atoms. The van der Waals surface area contributed by atoms with Crippen molar-refractivity contribution in [3.05, 3.63) is 53.6 Å². The van der Waals surface area contributed by atoms with E-state index in [2.05, 4.69) is 33.9 Å². The standard InChI is InChI=1S/C16H18N2.ClH/c1-2-13-4-5-15-9-12(8-14(3-1)16(13)15)10-18-7-6-17-11-18;/h1-3,6-7,11-12,15H,4-5,8-10H2;1H/t12-,15+;/m0./s1. The fourth-order valence-corrected chi connectivity index (χ4v) is 3.93. The molecule has 0 saturated heterocycles. The summed E-state index contributed by atoms with van der Waals surface area (Å²) < 4.78 is 2.23. The Kier molecular flexibility index (Phi) is 3.36. The van der Waals surface area contributed by atoms with Crippen LogP contribution in [-0.2, 0) is 19.4 Å². The third-order valence-electron chi connectivity index (χ3n) is 4.61. The molecule has 3 heteroatoms. The molecule has 2 aliphatic rings. The largest absolute Gasteiger partial charge is 0.337 e. The molecule has 0 bridgehead atoms. The molecule has 2 aliphatic carbocycles. The Morgan fingerprint density at radius 2 is 2.16 bits per heavy atom. The molecule has 100 valence electrons. The maximum atomic E-state index is 4.14. The normalized spacial score (nSPS) is 23.8. The van der Waals surface area contributed by atoms with Crippen molar-refractivity contribution in [2.24, 2.45) is 5.92 Å². The SMILES string of the molecule is Cl.c1cc2c3c(c1)C[C@H](Cn1ccnc1)C[C@H]3CC2. The molecule has 0 fully saturated rings. The number of halogens is 1. The van der Waals surface area contributed by atoms with Crippen molar-refractivity contribution in [2.45, 2.75) is 38.1 Å². The van der Waals surface area contributed by atoms with E-state index in [9.17, 15) is 0 Å². The first-order valence-corrected chi connectivity index (χ1v) is 6.96. The average molecular weight is 275 g/mol. The second kappa shape index (κ2) is 5.01. The van der Waals surface area contributed by atoms with Crippen LogP contribution in [0.15, 0.2) is 36.9 Å². The molecule has 1 aromatic heterocycles. The lowest BCUT2D eigenvalue weighted by molar-refractivity contribution is 0.356. The van der Waals surface area contributed by atoms with Gasteiger partial charge in [-0.3, -0.25) is 0 Å². The Bertz CT molecular complexity index is 562. The van der Waals surface area contributed by atoms with Gasteiger partial charge < -0.3 is 4.57 Å². The fourth-order valence-electron chi connectivity index (χ4n) is 3.93. The minimum absolute atomic E-state index is 0. The second-order valence-electron chi connectivity index (χ2n) is 5.79. The Morgan fingerprint density at radius 3 is 3.00 bits per heavy atom. The fraction of sp³-hybridized carbons (Fsp3) is 0.438. The van der Waals surface area contributed by atoms with E-state index in [1.54, 1.807) is 16.7 Å². The number of aryl methyl sites for hydroxylation is 1. The Morgan fingerprint density at radius 1 is 1.26 bits per heavy atom. The van der Waals surface area contributed by atoms with Crippen molar-refractivity contribution >= 4 is 12.4 Å². The van der Waals surface area contributed by atoms with Crippen molar-refractivity contribution in [1.29, 1.82) is 0 Å². The number of nitrogens with zero attached hydrogens (tertiary/aromatic N) is 2. The monoisotopic (exact) mass is 274 g/mol. The van der Waals surface area contributed by atoms with Gasteiger partial charge in [0.15, 0.2) is 0 Å². The first kappa shape index (κ1) is 12.7. The van der Waals surface area contributed by atoms with E-state index in [-0.39, 0.29) is 12.4 Å². The first-order valence-electron chi connectivity index (χ1n) is 6.96. The minimum atomic E-state index is 0. The van der Waals surface area contributed by atoms with Gasteiger partial charge >= 0.3 is 0 Å². The predicted molar refractivity (Wildman–Crippen MR) is 78.8 cm³/mol. The molecule has 0 unspecified atom stereocenters. The van der Waals surface area contributed by atoms with Crippen LogP contribution in [-0.4, -0.2) is 9.55 Å². The summed E-state index contributed by atoms with van der Waals surface area (Å²) in [5.74, 6) is 1.61. The van der Waals surface area contributed by atoms with E-state index in [0.717, 1.165) is 18.4 Å². The molecule has 2 aromatic rings. The van der Waals surface area contributed by atoms with E-state index < -0.39 is 0 Å². The zero-order valence-electron chi connectivity index (χ0n) is 11.0. The molecule has 0 N–H and O–H groups in total. The number of rotatable bonds is 2. The second-order valence-corrected chi connectivity index (χ2v) is 5.79. The van der Waals surface area contributed by atoms with Gasteiger partial charge in [-0.15, -0.1) is 12.4 Å². The Hall–Kier alpha value is -1.28. The van der Waals surface area contributed by atoms with Crippen LogP contribution in [0.25, 0.3) is 0 Å². The van der Waals surface area contributed by atoms with Crippen LogP contribution in [0, 0.1) is 5.92 Å². The Balaban J connectivity index is 0.00000110. The molecule has 4 rings (SSSR count). The molecule has 1 aromatic carbocycles. The molecular weight excluding hydrogens is 256 g/mol. The van der Waals surface area contributed by atoms with Crippen molar-refractivity contribution < 1.29 is 0 Å². The number of hydrogen-bond donors (Lipinski definition) is 0. The molecule has 2 nitrogen and oxygen atoms in total. The van der Waals surface area contributed by atoms with Gasteiger partial charge in [0.2, 0.25) is 0 Å². The minimum Gasteiger partial charge on any atom is -0.337 e. The third-order valence-corrected chi connectivity index (χ3v) is 4.61.